The maximum absolute atomic E-state index is 12.6. The van der Waals surface area contributed by atoms with Gasteiger partial charge in [0.05, 0.1) is 22.1 Å². The Bertz CT molecular complexity index is 1010. The van der Waals surface area contributed by atoms with Gasteiger partial charge in [0.1, 0.15) is 0 Å². The average Bonchev–Trinajstić information content (AvgIpc) is 3.28. The number of benzene rings is 2. The number of thioether (sulfide) groups is 1. The van der Waals surface area contributed by atoms with E-state index in [1.165, 1.54) is 29.5 Å². The van der Waals surface area contributed by atoms with Gasteiger partial charge in [0.25, 0.3) is 0 Å². The zero-order valence-corrected chi connectivity index (χ0v) is 20.5. The first-order chi connectivity index (χ1) is 16.2. The van der Waals surface area contributed by atoms with E-state index in [1.54, 1.807) is 0 Å². The largest absolute Gasteiger partial charge is 0.339 e. The molecule has 4 rings (SSSR count). The molecular formula is C26H29N3O2S2. The minimum Gasteiger partial charge on any atom is -0.339 e. The molecule has 2 heterocycles. The van der Waals surface area contributed by atoms with Crippen molar-refractivity contribution < 1.29 is 9.59 Å². The number of anilines is 1. The van der Waals surface area contributed by atoms with Gasteiger partial charge in [0.15, 0.2) is 5.13 Å². The van der Waals surface area contributed by atoms with Gasteiger partial charge in [-0.05, 0) is 31.2 Å². The predicted molar refractivity (Wildman–Crippen MR) is 139 cm³/mol. The van der Waals surface area contributed by atoms with Crippen molar-refractivity contribution in [1.82, 2.24) is 9.88 Å². The summed E-state index contributed by atoms with van der Waals surface area (Å²) in [5, 5.41) is 3.51. The summed E-state index contributed by atoms with van der Waals surface area (Å²) >= 11 is 2.85. The second-order valence-electron chi connectivity index (χ2n) is 8.11. The molecule has 5 nitrogen and oxygen atoms in total. The molecule has 1 fully saturated rings. The molecule has 0 aliphatic carbocycles. The number of rotatable bonds is 8. The first-order valence-corrected chi connectivity index (χ1v) is 13.4. The van der Waals surface area contributed by atoms with Gasteiger partial charge < -0.3 is 10.2 Å². The number of hydrogen-bond donors (Lipinski definition) is 1. The van der Waals surface area contributed by atoms with Crippen LogP contribution in [0.2, 0.25) is 0 Å². The van der Waals surface area contributed by atoms with Gasteiger partial charge in [-0.3, -0.25) is 9.59 Å². The lowest BCUT2D eigenvalue weighted by atomic mass is 10.0. The van der Waals surface area contributed by atoms with Gasteiger partial charge in [-0.15, -0.1) is 11.8 Å². The third-order valence-corrected chi connectivity index (χ3v) is 7.77. The van der Waals surface area contributed by atoms with E-state index in [1.807, 2.05) is 53.4 Å². The molecule has 0 bridgehead atoms. The Labute approximate surface area is 203 Å². The molecule has 1 atom stereocenters. The van der Waals surface area contributed by atoms with Crippen molar-refractivity contribution in [3.63, 3.8) is 0 Å². The van der Waals surface area contributed by atoms with E-state index >= 15 is 0 Å². The van der Waals surface area contributed by atoms with Crippen LogP contribution >= 0.6 is 23.1 Å². The summed E-state index contributed by atoms with van der Waals surface area (Å²) in [5.74, 6) is 0.585. The fourth-order valence-corrected chi connectivity index (χ4v) is 5.88. The molecule has 1 aliphatic rings. The van der Waals surface area contributed by atoms with Crippen molar-refractivity contribution in [1.29, 1.82) is 0 Å². The summed E-state index contributed by atoms with van der Waals surface area (Å²) in [6.07, 6.45) is 4.35. The Kier molecular flexibility index (Phi) is 8.18. The van der Waals surface area contributed by atoms with E-state index in [-0.39, 0.29) is 17.6 Å². The van der Waals surface area contributed by atoms with Crippen LogP contribution in [0.15, 0.2) is 60.7 Å². The highest BCUT2D eigenvalue weighted by Gasteiger charge is 2.25. The number of likely N-dealkylation sites (tertiary alicyclic amines) is 1. The first kappa shape index (κ1) is 23.5. The fourth-order valence-electron chi connectivity index (χ4n) is 4.17. The summed E-state index contributed by atoms with van der Waals surface area (Å²) in [6, 6.07) is 20.5. The van der Waals surface area contributed by atoms with Gasteiger partial charge in [0, 0.05) is 18.2 Å². The molecular weight excluding hydrogens is 450 g/mol. The molecule has 172 valence electrons. The summed E-state index contributed by atoms with van der Waals surface area (Å²) in [4.78, 5) is 33.0. The van der Waals surface area contributed by atoms with E-state index in [9.17, 15) is 9.59 Å². The minimum absolute atomic E-state index is 0.133. The van der Waals surface area contributed by atoms with Crippen molar-refractivity contribution in [3.05, 3.63) is 60.7 Å². The van der Waals surface area contributed by atoms with Crippen LogP contribution in [0.25, 0.3) is 21.7 Å². The number of carbonyl (C=O) groups is 2. The molecule has 0 radical (unpaired) electrons. The number of piperidine rings is 1. The summed E-state index contributed by atoms with van der Waals surface area (Å²) in [5.41, 5.74) is 2.95. The first-order valence-electron chi connectivity index (χ1n) is 11.4. The number of nitrogens with one attached hydrogen (secondary N) is 1. The van der Waals surface area contributed by atoms with Gasteiger partial charge in [-0.25, -0.2) is 4.98 Å². The monoisotopic (exact) mass is 479 g/mol. The lowest BCUT2D eigenvalue weighted by Gasteiger charge is -2.35. The van der Waals surface area contributed by atoms with Crippen molar-refractivity contribution in [2.24, 2.45) is 0 Å². The third kappa shape index (κ3) is 6.03. The zero-order chi connectivity index (χ0) is 23.0. The normalized spacial score (nSPS) is 15.9. The molecule has 33 heavy (non-hydrogen) atoms. The number of carbonyl (C=O) groups excluding carboxylic acids is 2. The molecule has 2 amide bonds. The molecule has 3 aromatic rings. The standard InChI is InChI=1S/C26H29N3O2S2/c1-2-21-15-9-10-16-29(21)23(31)18-32-17-22(30)27-26-28-24(19-11-5-3-6-12-19)25(33-26)20-13-7-4-8-14-20/h3-8,11-14,21H,2,9-10,15-18H2,1H3,(H,27,28,30). The maximum atomic E-state index is 12.6. The highest BCUT2D eigenvalue weighted by molar-refractivity contribution is 8.00. The molecule has 0 spiro atoms. The Morgan fingerprint density at radius 1 is 1.03 bits per heavy atom. The van der Waals surface area contributed by atoms with Crippen LogP contribution in [0.1, 0.15) is 32.6 Å². The van der Waals surface area contributed by atoms with Crippen LogP contribution in [0, 0.1) is 0 Å². The lowest BCUT2D eigenvalue weighted by Crippen LogP contribution is -2.44. The summed E-state index contributed by atoms with van der Waals surface area (Å²) < 4.78 is 0. The Morgan fingerprint density at radius 2 is 1.73 bits per heavy atom. The van der Waals surface area contributed by atoms with E-state index in [2.05, 4.69) is 24.4 Å². The number of hydrogen-bond acceptors (Lipinski definition) is 5. The van der Waals surface area contributed by atoms with Crippen molar-refractivity contribution in [2.45, 2.75) is 38.6 Å². The lowest BCUT2D eigenvalue weighted by molar-refractivity contribution is -0.132. The van der Waals surface area contributed by atoms with Gasteiger partial charge in [0.2, 0.25) is 11.8 Å². The van der Waals surface area contributed by atoms with Crippen molar-refractivity contribution in [3.8, 4) is 21.7 Å². The summed E-state index contributed by atoms with van der Waals surface area (Å²) in [7, 11) is 0. The van der Waals surface area contributed by atoms with Crippen molar-refractivity contribution in [2.75, 3.05) is 23.4 Å². The Hall–Kier alpha value is -2.64. The molecule has 1 aromatic heterocycles. The Balaban J connectivity index is 1.39. The molecule has 2 aromatic carbocycles. The average molecular weight is 480 g/mol. The SMILES string of the molecule is CCC1CCCCN1C(=O)CSCC(=O)Nc1nc(-c2ccccc2)c(-c2ccccc2)s1. The van der Waals surface area contributed by atoms with Crippen molar-refractivity contribution >= 4 is 40.0 Å². The van der Waals surface area contributed by atoms with Gasteiger partial charge in [-0.1, -0.05) is 78.9 Å². The zero-order valence-electron chi connectivity index (χ0n) is 18.8. The second kappa shape index (κ2) is 11.5. The van der Waals surface area contributed by atoms with Crippen LogP contribution in [0.3, 0.4) is 0 Å². The summed E-state index contributed by atoms with van der Waals surface area (Å²) in [6.45, 7) is 2.98. The van der Waals surface area contributed by atoms with E-state index in [0.717, 1.165) is 47.5 Å². The molecule has 1 aliphatic heterocycles. The van der Waals surface area contributed by atoms with Crippen LogP contribution in [0.4, 0.5) is 5.13 Å². The van der Waals surface area contributed by atoms with E-state index < -0.39 is 0 Å². The smallest absolute Gasteiger partial charge is 0.236 e. The highest BCUT2D eigenvalue weighted by Crippen LogP contribution is 2.38. The quantitative estimate of drug-likeness (QED) is 0.434. The second-order valence-corrected chi connectivity index (χ2v) is 10.1. The molecule has 1 saturated heterocycles. The molecule has 1 unspecified atom stereocenters. The number of thiazole rings is 1. The minimum atomic E-state index is -0.133. The van der Waals surface area contributed by atoms with Gasteiger partial charge in [-0.2, -0.15) is 0 Å². The highest BCUT2D eigenvalue weighted by atomic mass is 32.2. The van der Waals surface area contributed by atoms with Crippen LogP contribution in [-0.2, 0) is 9.59 Å². The van der Waals surface area contributed by atoms with Crippen LogP contribution in [0.5, 0.6) is 0 Å². The molecule has 0 saturated carbocycles. The van der Waals surface area contributed by atoms with E-state index in [0.29, 0.717) is 16.9 Å². The number of aromatic nitrogens is 1. The third-order valence-electron chi connectivity index (χ3n) is 5.83. The maximum Gasteiger partial charge on any atom is 0.236 e. The fraction of sp³-hybridized carbons (Fsp3) is 0.346. The van der Waals surface area contributed by atoms with E-state index in [4.69, 9.17) is 4.98 Å². The molecule has 7 heteroatoms. The number of amides is 2. The number of nitrogens with zero attached hydrogens (tertiary/aromatic N) is 2. The van der Waals surface area contributed by atoms with Crippen LogP contribution in [-0.4, -0.2) is 45.8 Å². The predicted octanol–water partition coefficient (Wildman–Crippen LogP) is 5.94. The Morgan fingerprint density at radius 3 is 2.42 bits per heavy atom. The molecule has 1 N–H and O–H groups in total. The van der Waals surface area contributed by atoms with Gasteiger partial charge >= 0.3 is 0 Å². The van der Waals surface area contributed by atoms with Crippen LogP contribution < -0.4 is 5.32 Å². The topological polar surface area (TPSA) is 62.3 Å².